The van der Waals surface area contributed by atoms with Crippen molar-refractivity contribution < 1.29 is 18.9 Å². The zero-order valence-electron chi connectivity index (χ0n) is 9.65. The Balaban J connectivity index is 4.06. The van der Waals surface area contributed by atoms with E-state index in [1.165, 1.54) is 0 Å². The van der Waals surface area contributed by atoms with Crippen molar-refractivity contribution >= 4 is 22.8 Å². The van der Waals surface area contributed by atoms with Crippen LogP contribution in [0.3, 0.4) is 0 Å². The summed E-state index contributed by atoms with van der Waals surface area (Å²) in [6, 6.07) is -1.69. The number of nitrogens with one attached hydrogen (secondary N) is 2. The summed E-state index contributed by atoms with van der Waals surface area (Å²) in [4.78, 5) is 22.0. The second-order valence-electron chi connectivity index (χ2n) is 3.56. The molecule has 0 aromatic carbocycles. The van der Waals surface area contributed by atoms with E-state index in [2.05, 4.69) is 10.6 Å². The van der Waals surface area contributed by atoms with Gasteiger partial charge in [-0.3, -0.25) is 4.21 Å². The van der Waals surface area contributed by atoms with Crippen molar-refractivity contribution in [3.63, 3.8) is 0 Å². The minimum Gasteiger partial charge on any atom is -0.480 e. The van der Waals surface area contributed by atoms with E-state index < -0.39 is 28.8 Å². The van der Waals surface area contributed by atoms with Gasteiger partial charge in [0.1, 0.15) is 6.04 Å². The molecule has 0 aliphatic carbocycles. The highest BCUT2D eigenvalue weighted by molar-refractivity contribution is 7.84. The van der Waals surface area contributed by atoms with E-state index in [0.717, 1.165) is 0 Å². The van der Waals surface area contributed by atoms with Crippen LogP contribution in [0, 0.1) is 0 Å². The molecular weight excluding hydrogens is 232 g/mol. The van der Waals surface area contributed by atoms with Gasteiger partial charge >= 0.3 is 12.0 Å². The predicted octanol–water partition coefficient (Wildman–Crippen LogP) is -0.0842. The third-order valence-corrected chi connectivity index (χ3v) is 2.84. The van der Waals surface area contributed by atoms with Crippen molar-refractivity contribution in [3.05, 3.63) is 0 Å². The molecule has 0 rings (SSSR count). The second-order valence-corrected chi connectivity index (χ2v) is 5.04. The SMILES string of the molecule is CCC(NC(=O)NC(C)CS(C)=O)C(=O)O. The summed E-state index contributed by atoms with van der Waals surface area (Å²) in [5.41, 5.74) is 0. The number of carbonyl (C=O) groups excluding carboxylic acids is 1. The minimum absolute atomic E-state index is 0.253. The number of hydrogen-bond acceptors (Lipinski definition) is 3. The number of rotatable bonds is 6. The molecule has 0 bridgehead atoms. The Morgan fingerprint density at radius 2 is 1.94 bits per heavy atom. The van der Waals surface area contributed by atoms with Crippen LogP contribution in [0.25, 0.3) is 0 Å². The second kappa shape index (κ2) is 7.21. The monoisotopic (exact) mass is 250 g/mol. The van der Waals surface area contributed by atoms with Crippen molar-refractivity contribution in [2.45, 2.75) is 32.4 Å². The number of carboxylic acids is 1. The number of carboxylic acid groups (broad SMARTS) is 1. The summed E-state index contributed by atoms with van der Waals surface area (Å²) in [7, 11) is -0.994. The first-order valence-corrected chi connectivity index (χ1v) is 6.69. The minimum atomic E-state index is -1.07. The predicted molar refractivity (Wildman–Crippen MR) is 61.8 cm³/mol. The van der Waals surface area contributed by atoms with Crippen LogP contribution in [0.2, 0.25) is 0 Å². The summed E-state index contributed by atoms with van der Waals surface area (Å²) in [6.07, 6.45) is 1.86. The summed E-state index contributed by atoms with van der Waals surface area (Å²) >= 11 is 0. The van der Waals surface area contributed by atoms with E-state index in [4.69, 9.17) is 5.11 Å². The van der Waals surface area contributed by atoms with Crippen molar-refractivity contribution in [1.82, 2.24) is 10.6 Å². The summed E-state index contributed by atoms with van der Waals surface area (Å²) in [5, 5.41) is 13.6. The molecule has 0 radical (unpaired) electrons. The molecule has 3 unspecified atom stereocenters. The maximum Gasteiger partial charge on any atom is 0.326 e. The third-order valence-electron chi connectivity index (χ3n) is 1.87. The van der Waals surface area contributed by atoms with E-state index in [-0.39, 0.29) is 6.04 Å². The van der Waals surface area contributed by atoms with Crippen LogP contribution in [0.15, 0.2) is 0 Å². The Morgan fingerprint density at radius 3 is 2.31 bits per heavy atom. The van der Waals surface area contributed by atoms with Gasteiger partial charge in [-0.15, -0.1) is 0 Å². The fraction of sp³-hybridized carbons (Fsp3) is 0.778. The zero-order valence-corrected chi connectivity index (χ0v) is 10.5. The molecule has 7 heteroatoms. The van der Waals surface area contributed by atoms with E-state index in [1.54, 1.807) is 20.1 Å². The molecule has 6 nitrogen and oxygen atoms in total. The molecule has 94 valence electrons. The standard InChI is InChI=1S/C9H18N2O4S/c1-4-7(8(12)13)11-9(14)10-6(2)5-16(3)15/h6-7H,4-5H2,1-3H3,(H,12,13)(H2,10,11,14). The van der Waals surface area contributed by atoms with Gasteiger partial charge in [-0.25, -0.2) is 9.59 Å². The van der Waals surface area contributed by atoms with Gasteiger partial charge in [0, 0.05) is 28.9 Å². The zero-order chi connectivity index (χ0) is 12.7. The molecule has 0 aliphatic heterocycles. The smallest absolute Gasteiger partial charge is 0.326 e. The molecule has 3 N–H and O–H groups in total. The van der Waals surface area contributed by atoms with Gasteiger partial charge < -0.3 is 15.7 Å². The molecule has 3 atom stereocenters. The average molecular weight is 250 g/mol. The van der Waals surface area contributed by atoms with Crippen LogP contribution in [0.1, 0.15) is 20.3 Å². The van der Waals surface area contributed by atoms with Gasteiger partial charge in [0.2, 0.25) is 0 Å². The largest absolute Gasteiger partial charge is 0.480 e. The summed E-state index contributed by atoms with van der Waals surface area (Å²) in [5.74, 6) is -0.721. The van der Waals surface area contributed by atoms with Crippen LogP contribution in [-0.2, 0) is 15.6 Å². The number of amides is 2. The van der Waals surface area contributed by atoms with Crippen molar-refractivity contribution in [1.29, 1.82) is 0 Å². The van der Waals surface area contributed by atoms with Gasteiger partial charge in [0.25, 0.3) is 0 Å². The topological polar surface area (TPSA) is 95.5 Å². The molecule has 0 aromatic heterocycles. The van der Waals surface area contributed by atoms with Crippen molar-refractivity contribution in [2.75, 3.05) is 12.0 Å². The molecule has 0 saturated heterocycles. The van der Waals surface area contributed by atoms with Gasteiger partial charge in [-0.1, -0.05) is 6.92 Å². The van der Waals surface area contributed by atoms with Crippen LogP contribution in [0.5, 0.6) is 0 Å². The van der Waals surface area contributed by atoms with E-state index >= 15 is 0 Å². The Labute approximate surface area is 97.3 Å². The first-order valence-electron chi connectivity index (χ1n) is 4.96. The van der Waals surface area contributed by atoms with Gasteiger partial charge in [0.05, 0.1) is 0 Å². The molecule has 16 heavy (non-hydrogen) atoms. The molecule has 0 saturated carbocycles. The lowest BCUT2D eigenvalue weighted by molar-refractivity contribution is -0.139. The highest BCUT2D eigenvalue weighted by atomic mass is 32.2. The highest BCUT2D eigenvalue weighted by Crippen LogP contribution is 1.91. The summed E-state index contributed by atoms with van der Waals surface area (Å²) < 4.78 is 10.9. The van der Waals surface area contributed by atoms with E-state index in [1.807, 2.05) is 0 Å². The Kier molecular flexibility index (Phi) is 6.71. The van der Waals surface area contributed by atoms with Crippen LogP contribution in [-0.4, -0.2) is 45.4 Å². The molecule has 0 heterocycles. The van der Waals surface area contributed by atoms with E-state index in [0.29, 0.717) is 12.2 Å². The number of aliphatic carboxylic acids is 1. The number of urea groups is 1. The van der Waals surface area contributed by atoms with Gasteiger partial charge in [0.15, 0.2) is 0 Å². The summed E-state index contributed by atoms with van der Waals surface area (Å²) in [6.45, 7) is 3.38. The molecule has 0 aromatic rings. The molecule has 0 spiro atoms. The molecule has 0 aliphatic rings. The van der Waals surface area contributed by atoms with Gasteiger partial charge in [-0.2, -0.15) is 0 Å². The Bertz CT molecular complexity index is 283. The maximum absolute atomic E-state index is 11.3. The van der Waals surface area contributed by atoms with E-state index in [9.17, 15) is 13.8 Å². The lowest BCUT2D eigenvalue weighted by atomic mass is 10.2. The third kappa shape index (κ3) is 6.39. The molecule has 2 amide bonds. The Hall–Kier alpha value is -1.11. The fourth-order valence-corrected chi connectivity index (χ4v) is 1.94. The number of hydrogen-bond donors (Lipinski definition) is 3. The van der Waals surface area contributed by atoms with Crippen LogP contribution < -0.4 is 10.6 Å². The number of carbonyl (C=O) groups is 2. The van der Waals surface area contributed by atoms with Crippen molar-refractivity contribution in [3.8, 4) is 0 Å². The van der Waals surface area contributed by atoms with Crippen LogP contribution in [0.4, 0.5) is 4.79 Å². The van der Waals surface area contributed by atoms with Crippen molar-refractivity contribution in [2.24, 2.45) is 0 Å². The lowest BCUT2D eigenvalue weighted by Gasteiger charge is -2.16. The fourth-order valence-electron chi connectivity index (χ4n) is 1.16. The van der Waals surface area contributed by atoms with Gasteiger partial charge in [-0.05, 0) is 13.3 Å². The average Bonchev–Trinajstić information content (AvgIpc) is 2.11. The first-order chi connectivity index (χ1) is 7.36. The highest BCUT2D eigenvalue weighted by Gasteiger charge is 2.18. The Morgan fingerprint density at radius 1 is 1.38 bits per heavy atom. The molecule has 0 fully saturated rings. The van der Waals surface area contributed by atoms with Crippen LogP contribution >= 0.6 is 0 Å². The molecular formula is C9H18N2O4S. The normalized spacial score (nSPS) is 15.9. The maximum atomic E-state index is 11.3. The quantitative estimate of drug-likeness (QED) is 0.614. The lowest BCUT2D eigenvalue weighted by Crippen LogP contribution is -2.49. The first kappa shape index (κ1) is 14.9.